The largest absolute Gasteiger partial charge is 0.492 e. The van der Waals surface area contributed by atoms with Crippen molar-refractivity contribution in [2.75, 3.05) is 26.2 Å². The maximum absolute atomic E-state index is 8.58. The van der Waals surface area contributed by atoms with Crippen LogP contribution in [-0.4, -0.2) is 31.1 Å². The molecule has 0 aliphatic carbocycles. The number of ether oxygens (including phenoxy) is 1. The van der Waals surface area contributed by atoms with E-state index in [-0.39, 0.29) is 0 Å². The molecule has 0 aliphatic rings. The van der Waals surface area contributed by atoms with Gasteiger partial charge in [0.25, 0.3) is 0 Å². The summed E-state index contributed by atoms with van der Waals surface area (Å²) in [7, 11) is 0. The van der Waals surface area contributed by atoms with Gasteiger partial charge < -0.3 is 4.74 Å². The van der Waals surface area contributed by atoms with Gasteiger partial charge in [-0.15, -0.1) is 0 Å². The van der Waals surface area contributed by atoms with E-state index in [1.165, 1.54) is 0 Å². The number of halogens is 1. The van der Waals surface area contributed by atoms with Gasteiger partial charge in [0.15, 0.2) is 0 Å². The van der Waals surface area contributed by atoms with Crippen molar-refractivity contribution in [3.63, 3.8) is 0 Å². The van der Waals surface area contributed by atoms with Crippen molar-refractivity contribution < 1.29 is 4.74 Å². The molecule has 86 valence electrons. The molecule has 16 heavy (non-hydrogen) atoms. The van der Waals surface area contributed by atoms with E-state index in [0.717, 1.165) is 23.3 Å². The van der Waals surface area contributed by atoms with Crippen LogP contribution in [-0.2, 0) is 0 Å². The SMILES string of the molecule is CCN(CC#N)CCOc1ccc(Br)cc1. The predicted molar refractivity (Wildman–Crippen MR) is 67.4 cm³/mol. The smallest absolute Gasteiger partial charge is 0.119 e. The fourth-order valence-corrected chi connectivity index (χ4v) is 1.54. The summed E-state index contributed by atoms with van der Waals surface area (Å²) in [6, 6.07) is 9.87. The van der Waals surface area contributed by atoms with E-state index in [4.69, 9.17) is 10.00 Å². The summed E-state index contributed by atoms with van der Waals surface area (Å²) in [5, 5.41) is 8.58. The van der Waals surface area contributed by atoms with Crippen molar-refractivity contribution in [3.8, 4) is 11.8 Å². The van der Waals surface area contributed by atoms with Gasteiger partial charge in [-0.05, 0) is 30.8 Å². The summed E-state index contributed by atoms with van der Waals surface area (Å²) in [5.41, 5.74) is 0. The van der Waals surface area contributed by atoms with Crippen LogP contribution in [0, 0.1) is 11.3 Å². The molecule has 1 aromatic rings. The molecule has 0 unspecified atom stereocenters. The molecule has 0 aliphatic heterocycles. The molecule has 1 aromatic carbocycles. The predicted octanol–water partition coefficient (Wildman–Crippen LogP) is 2.67. The van der Waals surface area contributed by atoms with Crippen LogP contribution in [0.2, 0.25) is 0 Å². The Balaban J connectivity index is 2.29. The molecular formula is C12H15BrN2O. The molecule has 0 heterocycles. The first-order valence-corrected chi connectivity index (χ1v) is 6.03. The number of likely N-dealkylation sites (N-methyl/N-ethyl adjacent to an activating group) is 1. The Morgan fingerprint density at radius 3 is 2.62 bits per heavy atom. The van der Waals surface area contributed by atoms with Crippen molar-refractivity contribution in [1.29, 1.82) is 5.26 Å². The Morgan fingerprint density at radius 2 is 2.06 bits per heavy atom. The van der Waals surface area contributed by atoms with Crippen LogP contribution < -0.4 is 4.74 Å². The third-order valence-electron chi connectivity index (χ3n) is 2.23. The minimum absolute atomic E-state index is 0.459. The first-order chi connectivity index (χ1) is 7.76. The average Bonchev–Trinajstić information content (AvgIpc) is 2.30. The van der Waals surface area contributed by atoms with Crippen LogP contribution in [0.3, 0.4) is 0 Å². The molecule has 0 saturated heterocycles. The highest BCUT2D eigenvalue weighted by Crippen LogP contribution is 2.15. The summed E-state index contributed by atoms with van der Waals surface area (Å²) in [4.78, 5) is 2.04. The summed E-state index contributed by atoms with van der Waals surface area (Å²) >= 11 is 3.37. The van der Waals surface area contributed by atoms with Crippen molar-refractivity contribution in [2.45, 2.75) is 6.92 Å². The van der Waals surface area contributed by atoms with Crippen molar-refractivity contribution >= 4 is 15.9 Å². The van der Waals surface area contributed by atoms with Crippen LogP contribution in [0.15, 0.2) is 28.7 Å². The molecule has 1 rings (SSSR count). The van der Waals surface area contributed by atoms with Crippen LogP contribution in [0.25, 0.3) is 0 Å². The Bertz CT molecular complexity index is 345. The van der Waals surface area contributed by atoms with E-state index in [1.807, 2.05) is 36.1 Å². The first kappa shape index (κ1) is 13.0. The topological polar surface area (TPSA) is 36.3 Å². The molecule has 4 heteroatoms. The molecule has 3 nitrogen and oxygen atoms in total. The fourth-order valence-electron chi connectivity index (χ4n) is 1.27. The zero-order valence-electron chi connectivity index (χ0n) is 9.32. The molecule has 0 saturated carbocycles. The van der Waals surface area contributed by atoms with Gasteiger partial charge in [-0.2, -0.15) is 5.26 Å². The third-order valence-corrected chi connectivity index (χ3v) is 2.76. The highest BCUT2D eigenvalue weighted by Gasteiger charge is 2.01. The normalized spacial score (nSPS) is 10.1. The standard InChI is InChI=1S/C12H15BrN2O/c1-2-15(8-7-14)9-10-16-12-5-3-11(13)4-6-12/h3-6H,2,8-10H2,1H3. The lowest BCUT2D eigenvalue weighted by Gasteiger charge is -2.16. The molecule has 0 amide bonds. The van der Waals surface area contributed by atoms with Gasteiger partial charge in [0.05, 0.1) is 12.6 Å². The Labute approximate surface area is 105 Å². The number of benzene rings is 1. The van der Waals surface area contributed by atoms with Gasteiger partial charge >= 0.3 is 0 Å². The van der Waals surface area contributed by atoms with Gasteiger partial charge in [-0.3, -0.25) is 4.90 Å². The van der Waals surface area contributed by atoms with Gasteiger partial charge in [-0.1, -0.05) is 22.9 Å². The zero-order chi connectivity index (χ0) is 11.8. The second-order valence-corrected chi connectivity index (χ2v) is 4.24. The summed E-state index contributed by atoms with van der Waals surface area (Å²) in [6.45, 7) is 4.76. The van der Waals surface area contributed by atoms with E-state index in [9.17, 15) is 0 Å². The van der Waals surface area contributed by atoms with Gasteiger partial charge in [0.1, 0.15) is 12.4 Å². The van der Waals surface area contributed by atoms with E-state index in [0.29, 0.717) is 13.2 Å². The second kappa shape index (κ2) is 7.26. The van der Waals surface area contributed by atoms with E-state index < -0.39 is 0 Å². The van der Waals surface area contributed by atoms with Crippen LogP contribution in [0.5, 0.6) is 5.75 Å². The molecule has 0 N–H and O–H groups in total. The minimum atomic E-state index is 0.459. The van der Waals surface area contributed by atoms with Gasteiger partial charge in [0.2, 0.25) is 0 Å². The van der Waals surface area contributed by atoms with Crippen LogP contribution >= 0.6 is 15.9 Å². The maximum Gasteiger partial charge on any atom is 0.119 e. The second-order valence-electron chi connectivity index (χ2n) is 3.33. The van der Waals surface area contributed by atoms with Crippen LogP contribution in [0.4, 0.5) is 0 Å². The summed E-state index contributed by atoms with van der Waals surface area (Å²) in [5.74, 6) is 0.858. The Kier molecular flexibility index (Phi) is 5.91. The molecule has 0 fully saturated rings. The fraction of sp³-hybridized carbons (Fsp3) is 0.417. The lowest BCUT2D eigenvalue weighted by atomic mass is 10.3. The van der Waals surface area contributed by atoms with E-state index in [2.05, 4.69) is 22.0 Å². The molecule has 0 bridgehead atoms. The van der Waals surface area contributed by atoms with Crippen molar-refractivity contribution in [1.82, 2.24) is 4.90 Å². The highest BCUT2D eigenvalue weighted by atomic mass is 79.9. The van der Waals surface area contributed by atoms with Crippen molar-refractivity contribution in [2.24, 2.45) is 0 Å². The van der Waals surface area contributed by atoms with Gasteiger partial charge in [-0.25, -0.2) is 0 Å². The zero-order valence-corrected chi connectivity index (χ0v) is 10.9. The quantitative estimate of drug-likeness (QED) is 0.753. The number of hydrogen-bond donors (Lipinski definition) is 0. The highest BCUT2D eigenvalue weighted by molar-refractivity contribution is 9.10. The monoisotopic (exact) mass is 282 g/mol. The maximum atomic E-state index is 8.58. The number of nitriles is 1. The average molecular weight is 283 g/mol. The van der Waals surface area contributed by atoms with E-state index >= 15 is 0 Å². The molecule has 0 radical (unpaired) electrons. The number of hydrogen-bond acceptors (Lipinski definition) is 3. The van der Waals surface area contributed by atoms with E-state index in [1.54, 1.807) is 0 Å². The third kappa shape index (κ3) is 4.65. The lowest BCUT2D eigenvalue weighted by Crippen LogP contribution is -2.28. The summed E-state index contributed by atoms with van der Waals surface area (Å²) in [6.07, 6.45) is 0. The number of rotatable bonds is 6. The molecule has 0 aromatic heterocycles. The van der Waals surface area contributed by atoms with Crippen molar-refractivity contribution in [3.05, 3.63) is 28.7 Å². The molecule has 0 spiro atoms. The lowest BCUT2D eigenvalue weighted by molar-refractivity contribution is 0.231. The first-order valence-electron chi connectivity index (χ1n) is 5.24. The number of nitrogens with zero attached hydrogens (tertiary/aromatic N) is 2. The van der Waals surface area contributed by atoms with Gasteiger partial charge in [0, 0.05) is 11.0 Å². The Morgan fingerprint density at radius 1 is 1.38 bits per heavy atom. The summed E-state index contributed by atoms with van der Waals surface area (Å²) < 4.78 is 6.61. The minimum Gasteiger partial charge on any atom is -0.492 e. The molecular weight excluding hydrogens is 268 g/mol. The Hall–Kier alpha value is -1.05. The van der Waals surface area contributed by atoms with Crippen LogP contribution in [0.1, 0.15) is 6.92 Å². The molecule has 0 atom stereocenters.